The summed E-state index contributed by atoms with van der Waals surface area (Å²) in [7, 11) is 0. The number of ether oxygens (including phenoxy) is 2. The lowest BCUT2D eigenvalue weighted by molar-refractivity contribution is -0.141. The Morgan fingerprint density at radius 1 is 0.972 bits per heavy atom. The van der Waals surface area contributed by atoms with Crippen LogP contribution in [0, 0.1) is 0 Å². The van der Waals surface area contributed by atoms with Crippen LogP contribution in [-0.4, -0.2) is 36.1 Å². The second-order valence-corrected chi connectivity index (χ2v) is 9.20. The third kappa shape index (κ3) is 6.58. The molecule has 0 bridgehead atoms. The van der Waals surface area contributed by atoms with Crippen molar-refractivity contribution in [3.63, 3.8) is 0 Å². The Balaban J connectivity index is 1.59. The Hall–Kier alpha value is -3.51. The van der Waals surface area contributed by atoms with Crippen molar-refractivity contribution in [3.05, 3.63) is 94.5 Å². The van der Waals surface area contributed by atoms with Gasteiger partial charge in [0.2, 0.25) is 18.6 Å². The minimum absolute atomic E-state index is 0.111. The normalized spacial score (nSPS) is 12.7. The summed E-state index contributed by atoms with van der Waals surface area (Å²) in [6.45, 7) is 3.01. The summed E-state index contributed by atoms with van der Waals surface area (Å²) in [5, 5.41) is 3.56. The minimum atomic E-state index is -0.667. The predicted octanol–water partition coefficient (Wildman–Crippen LogP) is 5.17. The van der Waals surface area contributed by atoms with Gasteiger partial charge in [0.05, 0.1) is 0 Å². The zero-order valence-electron chi connectivity index (χ0n) is 20.4. The molecule has 0 spiro atoms. The van der Waals surface area contributed by atoms with Crippen LogP contribution in [0.4, 0.5) is 0 Å². The topological polar surface area (TPSA) is 67.9 Å². The first-order chi connectivity index (χ1) is 17.5. The Kier molecular flexibility index (Phi) is 8.85. The van der Waals surface area contributed by atoms with Crippen LogP contribution in [0.1, 0.15) is 36.5 Å². The number of fused-ring (bicyclic) bond motifs is 1. The van der Waals surface area contributed by atoms with Gasteiger partial charge in [-0.1, -0.05) is 73.1 Å². The molecule has 7 heteroatoms. The van der Waals surface area contributed by atoms with Gasteiger partial charge in [-0.15, -0.1) is 0 Å². The number of halogens is 1. The van der Waals surface area contributed by atoms with E-state index in [-0.39, 0.29) is 31.6 Å². The summed E-state index contributed by atoms with van der Waals surface area (Å²) in [6, 6.07) is 22.2. The molecule has 36 heavy (non-hydrogen) atoms. The molecule has 1 N–H and O–H groups in total. The third-order valence-corrected chi connectivity index (χ3v) is 6.55. The molecule has 0 radical (unpaired) electrons. The summed E-state index contributed by atoms with van der Waals surface area (Å²) in [5.74, 6) is 1.12. The van der Waals surface area contributed by atoms with Crippen LogP contribution in [0.25, 0.3) is 0 Å². The third-order valence-electron chi connectivity index (χ3n) is 6.18. The number of aryl methyl sites for hydroxylation is 1. The first-order valence-electron chi connectivity index (χ1n) is 12.3. The maximum Gasteiger partial charge on any atom is 0.243 e. The van der Waals surface area contributed by atoms with E-state index in [4.69, 9.17) is 21.1 Å². The number of rotatable bonds is 11. The number of hydrogen-bond donors (Lipinski definition) is 1. The van der Waals surface area contributed by atoms with Gasteiger partial charge in [-0.3, -0.25) is 9.59 Å². The molecule has 0 saturated carbocycles. The Labute approximate surface area is 217 Å². The number of hydrogen-bond acceptors (Lipinski definition) is 4. The highest BCUT2D eigenvalue weighted by Crippen LogP contribution is 2.33. The van der Waals surface area contributed by atoms with Crippen molar-refractivity contribution in [2.45, 2.75) is 45.2 Å². The fourth-order valence-corrected chi connectivity index (χ4v) is 4.42. The summed E-state index contributed by atoms with van der Waals surface area (Å²) < 4.78 is 10.9. The molecule has 2 amide bonds. The molecule has 188 valence electrons. The molecule has 3 aromatic carbocycles. The first-order valence-corrected chi connectivity index (χ1v) is 12.7. The SMILES string of the molecule is CCCNC(=O)[C@@H](Cc1ccccc1)N(Cc1ccccc1Cl)C(=O)CCc1ccc2c(c1)OCO2. The first kappa shape index (κ1) is 25.6. The summed E-state index contributed by atoms with van der Waals surface area (Å²) >= 11 is 6.46. The molecular formula is C29H31ClN2O4. The maximum atomic E-state index is 13.7. The molecule has 3 aromatic rings. The predicted molar refractivity (Wildman–Crippen MR) is 140 cm³/mol. The van der Waals surface area contributed by atoms with Crippen LogP contribution < -0.4 is 14.8 Å². The van der Waals surface area contributed by atoms with Gasteiger partial charge in [-0.25, -0.2) is 0 Å². The molecule has 1 atom stereocenters. The highest BCUT2D eigenvalue weighted by Gasteiger charge is 2.30. The highest BCUT2D eigenvalue weighted by molar-refractivity contribution is 6.31. The number of benzene rings is 3. The fourth-order valence-electron chi connectivity index (χ4n) is 4.22. The molecule has 0 unspecified atom stereocenters. The van der Waals surface area contributed by atoms with Gasteiger partial charge >= 0.3 is 0 Å². The van der Waals surface area contributed by atoms with Crippen LogP contribution in [0.5, 0.6) is 11.5 Å². The number of carbonyl (C=O) groups excluding carboxylic acids is 2. The van der Waals surface area contributed by atoms with Crippen LogP contribution in [-0.2, 0) is 29.0 Å². The average molecular weight is 507 g/mol. The maximum absolute atomic E-state index is 13.7. The zero-order valence-corrected chi connectivity index (χ0v) is 21.2. The standard InChI is InChI=1S/C29H31ClN2O4/c1-2-16-31-29(34)25(17-21-8-4-3-5-9-21)32(19-23-10-6-7-11-24(23)30)28(33)15-13-22-12-14-26-27(18-22)36-20-35-26/h3-12,14,18,25H,2,13,15-17,19-20H2,1H3,(H,31,34)/t25-/m1/s1. The van der Waals surface area contributed by atoms with Crippen molar-refractivity contribution >= 4 is 23.4 Å². The molecular weight excluding hydrogens is 476 g/mol. The van der Waals surface area contributed by atoms with Crippen molar-refractivity contribution in [1.29, 1.82) is 0 Å². The van der Waals surface area contributed by atoms with Gasteiger partial charge in [0.25, 0.3) is 0 Å². The van der Waals surface area contributed by atoms with Crippen LogP contribution in [0.2, 0.25) is 5.02 Å². The van der Waals surface area contributed by atoms with Crippen LogP contribution in [0.15, 0.2) is 72.8 Å². The Bertz CT molecular complexity index is 1180. The molecule has 0 aliphatic carbocycles. The second kappa shape index (κ2) is 12.5. The van der Waals surface area contributed by atoms with E-state index in [2.05, 4.69) is 5.32 Å². The Morgan fingerprint density at radius 3 is 2.50 bits per heavy atom. The molecule has 1 aliphatic heterocycles. The number of nitrogens with one attached hydrogen (secondary N) is 1. The van der Waals surface area contributed by atoms with Crippen LogP contribution in [0.3, 0.4) is 0 Å². The van der Waals surface area contributed by atoms with E-state index in [0.717, 1.165) is 23.1 Å². The van der Waals surface area contributed by atoms with E-state index < -0.39 is 6.04 Å². The largest absolute Gasteiger partial charge is 0.454 e. The van der Waals surface area contributed by atoms with Gasteiger partial charge in [0, 0.05) is 31.0 Å². The molecule has 1 heterocycles. The van der Waals surface area contributed by atoms with Gasteiger partial charge in [0.1, 0.15) is 6.04 Å². The lowest BCUT2D eigenvalue weighted by atomic mass is 10.0. The summed E-state index contributed by atoms with van der Waals surface area (Å²) in [5.41, 5.74) is 2.76. The lowest BCUT2D eigenvalue weighted by Crippen LogP contribution is -2.50. The molecule has 0 saturated heterocycles. The fraction of sp³-hybridized carbons (Fsp3) is 0.310. The number of amides is 2. The number of nitrogens with zero attached hydrogens (tertiary/aromatic N) is 1. The molecule has 6 nitrogen and oxygen atoms in total. The van der Waals surface area contributed by atoms with Gasteiger partial charge in [0.15, 0.2) is 11.5 Å². The average Bonchev–Trinajstić information content (AvgIpc) is 3.37. The Morgan fingerprint density at radius 2 is 1.72 bits per heavy atom. The summed E-state index contributed by atoms with van der Waals surface area (Å²) in [4.78, 5) is 28.8. The van der Waals surface area contributed by atoms with E-state index in [1.807, 2.05) is 73.7 Å². The van der Waals surface area contributed by atoms with Gasteiger partial charge < -0.3 is 19.7 Å². The molecule has 0 fully saturated rings. The van der Waals surface area contributed by atoms with E-state index in [1.165, 1.54) is 0 Å². The van der Waals surface area contributed by atoms with Crippen molar-refractivity contribution in [2.75, 3.05) is 13.3 Å². The van der Waals surface area contributed by atoms with E-state index in [1.54, 1.807) is 11.0 Å². The minimum Gasteiger partial charge on any atom is -0.454 e. The zero-order chi connectivity index (χ0) is 25.3. The van der Waals surface area contributed by atoms with Crippen LogP contribution >= 0.6 is 11.6 Å². The second-order valence-electron chi connectivity index (χ2n) is 8.80. The monoisotopic (exact) mass is 506 g/mol. The van der Waals surface area contributed by atoms with Gasteiger partial charge in [-0.2, -0.15) is 0 Å². The molecule has 1 aliphatic rings. The quantitative estimate of drug-likeness (QED) is 0.389. The highest BCUT2D eigenvalue weighted by atomic mass is 35.5. The van der Waals surface area contributed by atoms with E-state index in [9.17, 15) is 9.59 Å². The van der Waals surface area contributed by atoms with Gasteiger partial charge in [-0.05, 0) is 47.7 Å². The van der Waals surface area contributed by atoms with Crippen molar-refractivity contribution in [3.8, 4) is 11.5 Å². The molecule has 0 aromatic heterocycles. The van der Waals surface area contributed by atoms with E-state index in [0.29, 0.717) is 35.9 Å². The smallest absolute Gasteiger partial charge is 0.243 e. The molecule has 4 rings (SSSR count). The van der Waals surface area contributed by atoms with Crippen molar-refractivity contribution in [2.24, 2.45) is 0 Å². The summed E-state index contributed by atoms with van der Waals surface area (Å²) in [6.07, 6.45) is 1.99. The number of carbonyl (C=O) groups is 2. The lowest BCUT2D eigenvalue weighted by Gasteiger charge is -2.32. The van der Waals surface area contributed by atoms with E-state index >= 15 is 0 Å². The van der Waals surface area contributed by atoms with Crippen molar-refractivity contribution in [1.82, 2.24) is 10.2 Å². The van der Waals surface area contributed by atoms with Crippen molar-refractivity contribution < 1.29 is 19.1 Å².